The van der Waals surface area contributed by atoms with Gasteiger partial charge in [-0.25, -0.2) is 0 Å². The molecule has 0 N–H and O–H groups in total. The largest absolute Gasteiger partial charge is 0.366 e. The lowest BCUT2D eigenvalue weighted by molar-refractivity contribution is 0.164. The molecular formula is C15H22FO2PS. The van der Waals surface area contributed by atoms with Gasteiger partial charge in [0.05, 0.1) is 6.61 Å². The standard InChI is InChI=1S/C15H22FO2PS/c1-12(2)5-4-6-13(3)9-14-7-8-15(20-14)10-18-11-19(16)17/h5,7-9,19H,4,6,10-11H2,1-3H3/b13-9+. The van der Waals surface area contributed by atoms with Gasteiger partial charge in [0.2, 0.25) is 0 Å². The SMILES string of the molecule is CC(C)=CCC/C(C)=C/c1ccc(COC[PH](=O)F)s1. The smallest absolute Gasteiger partial charge is 0.257 e. The van der Waals surface area contributed by atoms with Crippen LogP contribution in [-0.4, -0.2) is 6.35 Å². The Hall–Kier alpha value is -0.700. The molecule has 1 aromatic heterocycles. The van der Waals surface area contributed by atoms with Gasteiger partial charge in [0.15, 0.2) is 0 Å². The van der Waals surface area contributed by atoms with Crippen molar-refractivity contribution in [1.29, 1.82) is 0 Å². The van der Waals surface area contributed by atoms with E-state index >= 15 is 0 Å². The van der Waals surface area contributed by atoms with E-state index in [9.17, 15) is 8.76 Å². The molecule has 0 spiro atoms. The summed E-state index contributed by atoms with van der Waals surface area (Å²) in [6.07, 6.45) is 6.25. The summed E-state index contributed by atoms with van der Waals surface area (Å²) in [5, 5.41) is 0. The lowest BCUT2D eigenvalue weighted by atomic mass is 10.1. The second kappa shape index (κ2) is 9.28. The second-order valence-electron chi connectivity index (χ2n) is 4.96. The average Bonchev–Trinajstić information content (AvgIpc) is 2.75. The van der Waals surface area contributed by atoms with Crippen LogP contribution in [0.25, 0.3) is 6.08 Å². The van der Waals surface area contributed by atoms with Gasteiger partial charge in [-0.1, -0.05) is 17.2 Å². The molecule has 1 atom stereocenters. The Bertz CT molecular complexity index is 502. The molecule has 0 saturated carbocycles. The van der Waals surface area contributed by atoms with Gasteiger partial charge in [0.25, 0.3) is 8.11 Å². The summed E-state index contributed by atoms with van der Waals surface area (Å²) in [5.41, 5.74) is 2.69. The third-order valence-corrected chi connectivity index (χ3v) is 4.06. The lowest BCUT2D eigenvalue weighted by Gasteiger charge is -1.98. The first-order valence-corrected chi connectivity index (χ1v) is 8.93. The van der Waals surface area contributed by atoms with E-state index < -0.39 is 8.11 Å². The Morgan fingerprint density at radius 3 is 2.80 bits per heavy atom. The van der Waals surface area contributed by atoms with Crippen molar-refractivity contribution < 1.29 is 13.5 Å². The summed E-state index contributed by atoms with van der Waals surface area (Å²) >= 11 is 1.62. The minimum absolute atomic E-state index is 0.282. The Kier molecular flexibility index (Phi) is 8.05. The highest BCUT2D eigenvalue weighted by Gasteiger charge is 2.01. The molecule has 1 rings (SSSR count). The van der Waals surface area contributed by atoms with Gasteiger partial charge < -0.3 is 4.74 Å². The zero-order valence-corrected chi connectivity index (χ0v) is 14.1. The van der Waals surface area contributed by atoms with E-state index in [1.54, 1.807) is 11.3 Å². The molecule has 1 unspecified atom stereocenters. The Balaban J connectivity index is 2.45. The van der Waals surface area contributed by atoms with E-state index in [0.29, 0.717) is 6.61 Å². The van der Waals surface area contributed by atoms with Gasteiger partial charge >= 0.3 is 0 Å². The summed E-state index contributed by atoms with van der Waals surface area (Å²) in [5.74, 6) is 0. The number of hydrogen-bond donors (Lipinski definition) is 0. The number of hydrogen-bond acceptors (Lipinski definition) is 3. The summed E-state index contributed by atoms with van der Waals surface area (Å²) in [4.78, 5) is 2.20. The van der Waals surface area contributed by atoms with Crippen LogP contribution in [0, 0.1) is 0 Å². The Labute approximate surface area is 125 Å². The van der Waals surface area contributed by atoms with Crippen molar-refractivity contribution in [3.05, 3.63) is 39.1 Å². The predicted molar refractivity (Wildman–Crippen MR) is 86.4 cm³/mol. The van der Waals surface area contributed by atoms with Crippen molar-refractivity contribution in [2.75, 3.05) is 6.35 Å². The van der Waals surface area contributed by atoms with Gasteiger partial charge in [0.1, 0.15) is 6.35 Å². The topological polar surface area (TPSA) is 26.3 Å². The lowest BCUT2D eigenvalue weighted by Crippen LogP contribution is -1.87. The molecule has 0 aromatic carbocycles. The molecule has 0 aliphatic heterocycles. The minimum Gasteiger partial charge on any atom is -0.366 e. The monoisotopic (exact) mass is 316 g/mol. The summed E-state index contributed by atoms with van der Waals surface area (Å²) < 4.78 is 27.5. The van der Waals surface area contributed by atoms with Crippen LogP contribution in [0.5, 0.6) is 0 Å². The molecular weight excluding hydrogens is 294 g/mol. The first-order chi connectivity index (χ1) is 9.47. The highest BCUT2D eigenvalue weighted by molar-refractivity contribution is 7.38. The van der Waals surface area contributed by atoms with E-state index in [1.807, 2.05) is 12.1 Å². The summed E-state index contributed by atoms with van der Waals surface area (Å²) in [7, 11) is -3.02. The zero-order valence-electron chi connectivity index (χ0n) is 12.2. The number of halogens is 1. The molecule has 0 bridgehead atoms. The molecule has 112 valence electrons. The quantitative estimate of drug-likeness (QED) is 0.446. The van der Waals surface area contributed by atoms with Crippen LogP contribution in [0.4, 0.5) is 4.20 Å². The van der Waals surface area contributed by atoms with Gasteiger partial charge in [-0.05, 0) is 51.8 Å². The van der Waals surface area contributed by atoms with Crippen LogP contribution in [0.3, 0.4) is 0 Å². The van der Waals surface area contributed by atoms with Crippen molar-refractivity contribution in [3.8, 4) is 0 Å². The Morgan fingerprint density at radius 1 is 1.40 bits per heavy atom. The van der Waals surface area contributed by atoms with Crippen molar-refractivity contribution in [3.63, 3.8) is 0 Å². The maximum atomic E-state index is 12.2. The fourth-order valence-corrected chi connectivity index (χ4v) is 2.92. The number of rotatable bonds is 8. The molecule has 0 saturated heterocycles. The van der Waals surface area contributed by atoms with Crippen molar-refractivity contribution >= 4 is 25.5 Å². The molecule has 2 nitrogen and oxygen atoms in total. The normalized spacial score (nSPS) is 13.3. The second-order valence-corrected chi connectivity index (χ2v) is 7.16. The van der Waals surface area contributed by atoms with Gasteiger partial charge in [0, 0.05) is 9.75 Å². The number of ether oxygens (including phenoxy) is 1. The van der Waals surface area contributed by atoms with Crippen LogP contribution in [0.15, 0.2) is 29.4 Å². The van der Waals surface area contributed by atoms with Crippen LogP contribution in [0.1, 0.15) is 43.4 Å². The molecule has 1 aromatic rings. The number of allylic oxidation sites excluding steroid dienone is 3. The van der Waals surface area contributed by atoms with E-state index in [-0.39, 0.29) is 6.35 Å². The first-order valence-electron chi connectivity index (χ1n) is 6.62. The molecule has 20 heavy (non-hydrogen) atoms. The fraction of sp³-hybridized carbons (Fsp3) is 0.467. The van der Waals surface area contributed by atoms with Crippen LogP contribution < -0.4 is 0 Å². The van der Waals surface area contributed by atoms with Crippen LogP contribution >= 0.6 is 19.4 Å². The molecule has 1 heterocycles. The minimum atomic E-state index is -3.02. The van der Waals surface area contributed by atoms with E-state index in [2.05, 4.69) is 32.9 Å². The third-order valence-electron chi connectivity index (χ3n) is 2.62. The summed E-state index contributed by atoms with van der Waals surface area (Å²) in [6.45, 7) is 6.67. The maximum absolute atomic E-state index is 12.2. The molecule has 0 amide bonds. The third kappa shape index (κ3) is 7.78. The highest BCUT2D eigenvalue weighted by Crippen LogP contribution is 2.24. The van der Waals surface area contributed by atoms with Crippen LogP contribution in [-0.2, 0) is 15.9 Å². The van der Waals surface area contributed by atoms with E-state index in [0.717, 1.165) is 17.7 Å². The Morgan fingerprint density at radius 2 is 2.15 bits per heavy atom. The van der Waals surface area contributed by atoms with Crippen molar-refractivity contribution in [1.82, 2.24) is 0 Å². The van der Waals surface area contributed by atoms with Crippen LogP contribution in [0.2, 0.25) is 0 Å². The van der Waals surface area contributed by atoms with Gasteiger partial charge in [-0.3, -0.25) is 4.57 Å². The maximum Gasteiger partial charge on any atom is 0.257 e. The fourth-order valence-electron chi connectivity index (χ4n) is 1.69. The predicted octanol–water partition coefficient (Wildman–Crippen LogP) is 5.82. The van der Waals surface area contributed by atoms with Gasteiger partial charge in [-0.2, -0.15) is 4.20 Å². The molecule has 0 aliphatic carbocycles. The van der Waals surface area contributed by atoms with Crippen molar-refractivity contribution in [2.24, 2.45) is 0 Å². The zero-order chi connectivity index (χ0) is 15.0. The van der Waals surface area contributed by atoms with Crippen molar-refractivity contribution in [2.45, 2.75) is 40.2 Å². The molecule has 0 fully saturated rings. The highest BCUT2D eigenvalue weighted by atomic mass is 32.1. The molecule has 0 aliphatic rings. The van der Waals surface area contributed by atoms with Gasteiger partial charge in [-0.15, -0.1) is 11.3 Å². The number of thiophene rings is 1. The van der Waals surface area contributed by atoms with E-state index in [4.69, 9.17) is 4.74 Å². The molecule has 0 radical (unpaired) electrons. The summed E-state index contributed by atoms with van der Waals surface area (Å²) in [6, 6.07) is 4.00. The average molecular weight is 316 g/mol. The first kappa shape index (κ1) is 17.4. The van der Waals surface area contributed by atoms with E-state index in [1.165, 1.54) is 16.0 Å². The molecule has 5 heteroatoms.